The number of rotatable bonds is 2. The zero-order valence-electron chi connectivity index (χ0n) is 12.4. The fourth-order valence-electron chi connectivity index (χ4n) is 1.93. The molecule has 104 valence electrons. The molecule has 0 aliphatic heterocycles. The first kappa shape index (κ1) is 14.1. The van der Waals surface area contributed by atoms with Crippen LogP contribution in [0.1, 0.15) is 0 Å². The van der Waals surface area contributed by atoms with Gasteiger partial charge < -0.3 is 4.90 Å². The first-order valence-electron chi connectivity index (χ1n) is 6.50. The summed E-state index contributed by atoms with van der Waals surface area (Å²) in [6.45, 7) is 0. The molecule has 4 heteroatoms. The maximum Gasteiger partial charge on any atom is 0.497 e. The highest BCUT2D eigenvalue weighted by molar-refractivity contribution is 5.67. The summed E-state index contributed by atoms with van der Waals surface area (Å²) in [5.74, 6) is 0. The van der Waals surface area contributed by atoms with Crippen molar-refractivity contribution in [3.63, 3.8) is 0 Å². The van der Waals surface area contributed by atoms with Crippen LogP contribution >= 0.6 is 0 Å². The van der Waals surface area contributed by atoms with Gasteiger partial charge in [-0.25, -0.2) is 4.90 Å². The zero-order chi connectivity index (χ0) is 14.7. The van der Waals surface area contributed by atoms with Crippen LogP contribution in [0.4, 0.5) is 10.5 Å². The van der Waals surface area contributed by atoms with Crippen molar-refractivity contribution in [3.05, 3.63) is 48.8 Å². The number of nitrogens with zero attached hydrogens (tertiary/aromatic N) is 3. The number of hydrogen-bond donors (Lipinski definition) is 0. The van der Waals surface area contributed by atoms with Gasteiger partial charge in [-0.2, -0.15) is 9.36 Å². The van der Waals surface area contributed by atoms with E-state index >= 15 is 0 Å². The summed E-state index contributed by atoms with van der Waals surface area (Å²) in [6.07, 6.45) is 3.58. The predicted molar refractivity (Wildman–Crippen MR) is 80.9 cm³/mol. The third-order valence-corrected chi connectivity index (χ3v) is 3.15. The average molecular weight is 270 g/mol. The summed E-state index contributed by atoms with van der Waals surface area (Å²) in [7, 11) is 7.52. The Kier molecular flexibility index (Phi) is 4.03. The molecule has 0 N–H and O–H groups in total. The van der Waals surface area contributed by atoms with Crippen molar-refractivity contribution in [2.45, 2.75) is 0 Å². The standard InChI is InChI=1S/C16H20N3O/c1-17(2)15-7-5-13(6-8-15)14-9-11-19(12-10-14)16(20)18(3)4/h5-12H,1-4H3/q+1. The molecule has 0 atom stereocenters. The van der Waals surface area contributed by atoms with E-state index < -0.39 is 0 Å². The van der Waals surface area contributed by atoms with E-state index in [0.717, 1.165) is 11.1 Å². The Morgan fingerprint density at radius 1 is 0.850 bits per heavy atom. The van der Waals surface area contributed by atoms with E-state index in [2.05, 4.69) is 29.2 Å². The molecule has 1 aromatic carbocycles. The second kappa shape index (κ2) is 5.74. The zero-order valence-corrected chi connectivity index (χ0v) is 12.4. The quantitative estimate of drug-likeness (QED) is 0.783. The van der Waals surface area contributed by atoms with Crippen LogP contribution < -0.4 is 9.47 Å². The lowest BCUT2D eigenvalue weighted by Crippen LogP contribution is -2.48. The predicted octanol–water partition coefficient (Wildman–Crippen LogP) is 2.24. The topological polar surface area (TPSA) is 27.4 Å². The van der Waals surface area contributed by atoms with Gasteiger partial charge in [-0.05, 0) is 35.4 Å². The van der Waals surface area contributed by atoms with Crippen LogP contribution in [0, 0.1) is 0 Å². The van der Waals surface area contributed by atoms with E-state index in [9.17, 15) is 4.79 Å². The second-order valence-corrected chi connectivity index (χ2v) is 5.11. The molecule has 2 aromatic rings. The van der Waals surface area contributed by atoms with Crippen LogP contribution in [0.15, 0.2) is 48.8 Å². The molecule has 0 fully saturated rings. The maximum atomic E-state index is 11.8. The molecule has 0 spiro atoms. The summed E-state index contributed by atoms with van der Waals surface area (Å²) >= 11 is 0. The number of carbonyl (C=O) groups excluding carboxylic acids is 1. The molecule has 1 aromatic heterocycles. The van der Waals surface area contributed by atoms with Crippen LogP contribution in [0.25, 0.3) is 11.1 Å². The van der Waals surface area contributed by atoms with Crippen molar-refractivity contribution in [2.75, 3.05) is 33.1 Å². The SMILES string of the molecule is CN(C)C(=O)[n+]1ccc(-c2ccc(N(C)C)cc2)cc1. The lowest BCUT2D eigenvalue weighted by molar-refractivity contribution is -0.577. The average Bonchev–Trinajstić information content (AvgIpc) is 2.46. The van der Waals surface area contributed by atoms with Gasteiger partial charge >= 0.3 is 6.03 Å². The summed E-state index contributed by atoms with van der Waals surface area (Å²) in [4.78, 5) is 15.4. The molecule has 0 saturated heterocycles. The lowest BCUT2D eigenvalue weighted by atomic mass is 10.1. The molecule has 0 saturated carbocycles. The van der Waals surface area contributed by atoms with Gasteiger partial charge in [-0.15, -0.1) is 0 Å². The molecular weight excluding hydrogens is 250 g/mol. The normalized spacial score (nSPS) is 10.2. The molecule has 0 aliphatic carbocycles. The van der Waals surface area contributed by atoms with E-state index in [4.69, 9.17) is 0 Å². The monoisotopic (exact) mass is 270 g/mol. The van der Waals surface area contributed by atoms with Gasteiger partial charge in [0.2, 0.25) is 0 Å². The molecule has 20 heavy (non-hydrogen) atoms. The smallest absolute Gasteiger partial charge is 0.378 e. The van der Waals surface area contributed by atoms with Crippen molar-refractivity contribution in [2.24, 2.45) is 0 Å². The van der Waals surface area contributed by atoms with Crippen molar-refractivity contribution in [3.8, 4) is 11.1 Å². The van der Waals surface area contributed by atoms with Gasteiger partial charge in [0.1, 0.15) is 0 Å². The third kappa shape index (κ3) is 2.96. The highest BCUT2D eigenvalue weighted by Gasteiger charge is 2.15. The van der Waals surface area contributed by atoms with Gasteiger partial charge in [0.15, 0.2) is 0 Å². The van der Waals surface area contributed by atoms with E-state index in [1.165, 1.54) is 5.69 Å². The van der Waals surface area contributed by atoms with Crippen molar-refractivity contribution in [1.82, 2.24) is 4.90 Å². The fourth-order valence-corrected chi connectivity index (χ4v) is 1.93. The Labute approximate surface area is 119 Å². The lowest BCUT2D eigenvalue weighted by Gasteiger charge is -2.12. The first-order chi connectivity index (χ1) is 9.49. The number of aromatic nitrogens is 1. The Balaban J connectivity index is 2.23. The number of pyridine rings is 1. The largest absolute Gasteiger partial charge is 0.497 e. The van der Waals surface area contributed by atoms with E-state index in [0.29, 0.717) is 0 Å². The Bertz CT molecular complexity index is 586. The third-order valence-electron chi connectivity index (χ3n) is 3.15. The highest BCUT2D eigenvalue weighted by atomic mass is 16.2. The van der Waals surface area contributed by atoms with E-state index in [1.54, 1.807) is 36.0 Å². The van der Waals surface area contributed by atoms with Gasteiger partial charge in [-0.3, -0.25) is 0 Å². The summed E-state index contributed by atoms with van der Waals surface area (Å²) in [5, 5.41) is 0. The molecule has 1 amide bonds. The Morgan fingerprint density at radius 3 is 1.80 bits per heavy atom. The summed E-state index contributed by atoms with van der Waals surface area (Å²) < 4.78 is 1.57. The molecule has 4 nitrogen and oxygen atoms in total. The van der Waals surface area contributed by atoms with E-state index in [1.807, 2.05) is 26.2 Å². The summed E-state index contributed by atoms with van der Waals surface area (Å²) in [5.41, 5.74) is 3.40. The maximum absolute atomic E-state index is 11.8. The van der Waals surface area contributed by atoms with Gasteiger partial charge in [0, 0.05) is 19.8 Å². The molecule has 2 rings (SSSR count). The van der Waals surface area contributed by atoms with Gasteiger partial charge in [-0.1, -0.05) is 12.1 Å². The highest BCUT2D eigenvalue weighted by Crippen LogP contribution is 2.21. The van der Waals surface area contributed by atoms with Gasteiger partial charge in [0.25, 0.3) is 0 Å². The first-order valence-corrected chi connectivity index (χ1v) is 6.50. The van der Waals surface area contributed by atoms with Gasteiger partial charge in [0.05, 0.1) is 26.5 Å². The van der Waals surface area contributed by atoms with Crippen molar-refractivity contribution < 1.29 is 9.36 Å². The van der Waals surface area contributed by atoms with Crippen LogP contribution in [-0.4, -0.2) is 39.1 Å². The number of hydrogen-bond acceptors (Lipinski definition) is 2. The number of amides is 1. The molecule has 0 radical (unpaired) electrons. The van der Waals surface area contributed by atoms with Crippen molar-refractivity contribution in [1.29, 1.82) is 0 Å². The van der Waals surface area contributed by atoms with Crippen LogP contribution in [0.5, 0.6) is 0 Å². The molecule has 1 heterocycles. The van der Waals surface area contributed by atoms with Crippen LogP contribution in [0.3, 0.4) is 0 Å². The number of benzene rings is 1. The Hall–Kier alpha value is -2.36. The minimum Gasteiger partial charge on any atom is -0.378 e. The molecule has 0 bridgehead atoms. The molecule has 0 aliphatic rings. The molecular formula is C16H20N3O+. The van der Waals surface area contributed by atoms with Crippen LogP contribution in [-0.2, 0) is 0 Å². The Morgan fingerprint density at radius 2 is 1.35 bits per heavy atom. The van der Waals surface area contributed by atoms with Crippen molar-refractivity contribution >= 4 is 11.7 Å². The number of carbonyl (C=O) groups is 1. The molecule has 0 unspecified atom stereocenters. The fraction of sp³-hybridized carbons (Fsp3) is 0.250. The van der Waals surface area contributed by atoms with Crippen LogP contribution in [0.2, 0.25) is 0 Å². The summed E-state index contributed by atoms with van der Waals surface area (Å²) in [6, 6.07) is 12.2. The second-order valence-electron chi connectivity index (χ2n) is 5.11. The number of anilines is 1. The minimum absolute atomic E-state index is 0.0560. The minimum atomic E-state index is -0.0560. The van der Waals surface area contributed by atoms with E-state index in [-0.39, 0.29) is 6.03 Å².